The third-order valence-corrected chi connectivity index (χ3v) is 5.13. The van der Waals surface area contributed by atoms with Gasteiger partial charge in [0.25, 0.3) is 0 Å². The van der Waals surface area contributed by atoms with Gasteiger partial charge in [0.2, 0.25) is 0 Å². The molecule has 0 aliphatic rings. The molecule has 1 unspecified atom stereocenters. The minimum absolute atomic E-state index is 0.250. The van der Waals surface area contributed by atoms with Crippen LogP contribution in [0.4, 0.5) is 0 Å². The molecule has 3 nitrogen and oxygen atoms in total. The first-order valence-corrected chi connectivity index (χ1v) is 9.22. The van der Waals surface area contributed by atoms with E-state index in [0.717, 1.165) is 10.0 Å². The molecule has 0 amide bonds. The summed E-state index contributed by atoms with van der Waals surface area (Å²) in [5.74, 6) is 0.656. The Hall–Kier alpha value is -1.04. The lowest BCUT2D eigenvalue weighted by atomic mass is 10.0. The van der Waals surface area contributed by atoms with Crippen LogP contribution in [-0.2, 0) is 9.84 Å². The molecular formula is C15H14BrClO3S. The summed E-state index contributed by atoms with van der Waals surface area (Å²) < 4.78 is 29.5. The first-order chi connectivity index (χ1) is 9.82. The molecule has 0 heterocycles. The van der Waals surface area contributed by atoms with E-state index in [1.54, 1.807) is 31.4 Å². The highest BCUT2D eigenvalue weighted by Crippen LogP contribution is 2.37. The van der Waals surface area contributed by atoms with Gasteiger partial charge in [-0.25, -0.2) is 8.42 Å². The number of benzene rings is 2. The maximum absolute atomic E-state index is 11.6. The van der Waals surface area contributed by atoms with Crippen LogP contribution in [0.15, 0.2) is 51.8 Å². The van der Waals surface area contributed by atoms with Gasteiger partial charge in [-0.15, -0.1) is 11.6 Å². The highest BCUT2D eigenvalue weighted by atomic mass is 79.9. The highest BCUT2D eigenvalue weighted by Gasteiger charge is 2.18. The minimum atomic E-state index is -3.26. The highest BCUT2D eigenvalue weighted by molar-refractivity contribution is 9.10. The molecule has 0 bridgehead atoms. The summed E-state index contributed by atoms with van der Waals surface area (Å²) in [5, 5.41) is -0.501. The van der Waals surface area contributed by atoms with E-state index in [-0.39, 0.29) is 4.90 Å². The van der Waals surface area contributed by atoms with Gasteiger partial charge in [-0.05, 0) is 35.9 Å². The van der Waals surface area contributed by atoms with Crippen LogP contribution in [0.5, 0.6) is 5.75 Å². The van der Waals surface area contributed by atoms with Crippen LogP contribution < -0.4 is 4.74 Å². The fourth-order valence-corrected chi connectivity index (χ4v) is 3.35. The quantitative estimate of drug-likeness (QED) is 0.736. The van der Waals surface area contributed by atoms with E-state index < -0.39 is 15.2 Å². The molecule has 0 radical (unpaired) electrons. The number of alkyl halides is 1. The summed E-state index contributed by atoms with van der Waals surface area (Å²) in [6.07, 6.45) is 1.18. The molecule has 0 aliphatic carbocycles. The van der Waals surface area contributed by atoms with Gasteiger partial charge in [0.15, 0.2) is 9.84 Å². The molecule has 0 N–H and O–H groups in total. The molecule has 0 aromatic heterocycles. The Bertz CT molecular complexity index is 759. The number of rotatable bonds is 4. The Morgan fingerprint density at radius 2 is 1.90 bits per heavy atom. The van der Waals surface area contributed by atoms with Gasteiger partial charge in [-0.3, -0.25) is 0 Å². The van der Waals surface area contributed by atoms with Crippen LogP contribution in [0.1, 0.15) is 16.5 Å². The molecule has 2 aromatic carbocycles. The van der Waals surface area contributed by atoms with E-state index in [4.69, 9.17) is 16.3 Å². The fourth-order valence-electron chi connectivity index (χ4n) is 1.99. The zero-order valence-corrected chi connectivity index (χ0v) is 14.7. The van der Waals surface area contributed by atoms with E-state index in [0.29, 0.717) is 11.3 Å². The van der Waals surface area contributed by atoms with E-state index in [2.05, 4.69) is 15.9 Å². The molecule has 2 rings (SSSR count). The van der Waals surface area contributed by atoms with Gasteiger partial charge in [-0.1, -0.05) is 28.1 Å². The summed E-state index contributed by atoms with van der Waals surface area (Å²) in [6, 6.07) is 12.2. The van der Waals surface area contributed by atoms with Gasteiger partial charge < -0.3 is 4.74 Å². The summed E-state index contributed by atoms with van der Waals surface area (Å²) in [6.45, 7) is 0. The SMILES string of the molecule is COc1ccc(Br)cc1C(Cl)c1cccc(S(C)(=O)=O)c1. The van der Waals surface area contributed by atoms with Crippen molar-refractivity contribution in [3.8, 4) is 5.75 Å². The average Bonchev–Trinajstić information content (AvgIpc) is 2.45. The van der Waals surface area contributed by atoms with Gasteiger partial charge >= 0.3 is 0 Å². The van der Waals surface area contributed by atoms with Gasteiger partial charge in [-0.2, -0.15) is 0 Å². The molecule has 112 valence electrons. The minimum Gasteiger partial charge on any atom is -0.496 e. The lowest BCUT2D eigenvalue weighted by Crippen LogP contribution is -2.01. The normalized spacial score (nSPS) is 13.0. The fraction of sp³-hybridized carbons (Fsp3) is 0.200. The van der Waals surface area contributed by atoms with Crippen molar-refractivity contribution in [1.82, 2.24) is 0 Å². The summed E-state index contributed by atoms with van der Waals surface area (Å²) >= 11 is 9.92. The number of hydrogen-bond donors (Lipinski definition) is 0. The zero-order valence-electron chi connectivity index (χ0n) is 11.5. The largest absolute Gasteiger partial charge is 0.496 e. The number of hydrogen-bond acceptors (Lipinski definition) is 3. The Labute approximate surface area is 137 Å². The molecule has 0 saturated carbocycles. The van der Waals surface area contributed by atoms with Crippen molar-refractivity contribution < 1.29 is 13.2 Å². The van der Waals surface area contributed by atoms with Crippen LogP contribution in [-0.4, -0.2) is 21.8 Å². The van der Waals surface area contributed by atoms with Crippen molar-refractivity contribution in [3.05, 3.63) is 58.1 Å². The molecule has 6 heteroatoms. The van der Waals surface area contributed by atoms with Crippen LogP contribution in [0.2, 0.25) is 0 Å². The number of sulfone groups is 1. The second-order valence-corrected chi connectivity index (χ2v) is 7.96. The molecule has 2 aromatic rings. The third kappa shape index (κ3) is 3.78. The van der Waals surface area contributed by atoms with Gasteiger partial charge in [0.1, 0.15) is 5.75 Å². The van der Waals surface area contributed by atoms with Crippen molar-refractivity contribution in [2.24, 2.45) is 0 Å². The smallest absolute Gasteiger partial charge is 0.175 e. The molecule has 0 fully saturated rings. The maximum Gasteiger partial charge on any atom is 0.175 e. The van der Waals surface area contributed by atoms with Crippen LogP contribution in [0, 0.1) is 0 Å². The summed E-state index contributed by atoms with van der Waals surface area (Å²) in [5.41, 5.74) is 1.48. The van der Waals surface area contributed by atoms with Crippen molar-refractivity contribution in [1.29, 1.82) is 0 Å². The monoisotopic (exact) mass is 388 g/mol. The zero-order chi connectivity index (χ0) is 15.6. The lowest BCUT2D eigenvalue weighted by molar-refractivity contribution is 0.410. The standard InChI is InChI=1S/C15H14BrClO3S/c1-20-14-7-6-11(16)9-13(14)15(17)10-4-3-5-12(8-10)21(2,18)19/h3-9,15H,1-2H3. The Morgan fingerprint density at radius 1 is 1.19 bits per heavy atom. The predicted molar refractivity (Wildman–Crippen MR) is 87.9 cm³/mol. The first kappa shape index (κ1) is 16.3. The summed E-state index contributed by atoms with van der Waals surface area (Å²) in [7, 11) is -1.69. The third-order valence-electron chi connectivity index (χ3n) is 3.04. The van der Waals surface area contributed by atoms with Crippen molar-refractivity contribution in [3.63, 3.8) is 0 Å². The Kier molecular flexibility index (Phi) is 4.96. The second kappa shape index (κ2) is 6.38. The summed E-state index contributed by atoms with van der Waals surface area (Å²) in [4.78, 5) is 0.250. The van der Waals surface area contributed by atoms with E-state index >= 15 is 0 Å². The number of methoxy groups -OCH3 is 1. The Morgan fingerprint density at radius 3 is 2.52 bits per heavy atom. The lowest BCUT2D eigenvalue weighted by Gasteiger charge is -2.15. The molecule has 0 spiro atoms. The number of ether oxygens (including phenoxy) is 1. The second-order valence-electron chi connectivity index (χ2n) is 4.59. The molecule has 1 atom stereocenters. The van der Waals surface area contributed by atoms with Gasteiger partial charge in [0, 0.05) is 16.3 Å². The molecular weight excluding hydrogens is 376 g/mol. The van der Waals surface area contributed by atoms with Crippen LogP contribution in [0.25, 0.3) is 0 Å². The van der Waals surface area contributed by atoms with Crippen LogP contribution in [0.3, 0.4) is 0 Å². The van der Waals surface area contributed by atoms with E-state index in [9.17, 15) is 8.42 Å². The number of halogens is 2. The van der Waals surface area contributed by atoms with Crippen molar-refractivity contribution >= 4 is 37.4 Å². The molecule has 0 aliphatic heterocycles. The molecule has 21 heavy (non-hydrogen) atoms. The first-order valence-electron chi connectivity index (χ1n) is 6.10. The van der Waals surface area contributed by atoms with E-state index in [1.807, 2.05) is 18.2 Å². The topological polar surface area (TPSA) is 43.4 Å². The van der Waals surface area contributed by atoms with E-state index in [1.165, 1.54) is 6.26 Å². The molecule has 0 saturated heterocycles. The predicted octanol–water partition coefficient (Wildman–Crippen LogP) is 4.19. The van der Waals surface area contributed by atoms with Crippen LogP contribution >= 0.6 is 27.5 Å². The van der Waals surface area contributed by atoms with Crippen molar-refractivity contribution in [2.45, 2.75) is 10.3 Å². The average molecular weight is 390 g/mol. The maximum atomic E-state index is 11.6. The Balaban J connectivity index is 2.50. The van der Waals surface area contributed by atoms with Gasteiger partial charge in [0.05, 0.1) is 17.4 Å². The van der Waals surface area contributed by atoms with Crippen molar-refractivity contribution in [2.75, 3.05) is 13.4 Å².